The fraction of sp³-hybridized carbons (Fsp3) is 0.385. The Morgan fingerprint density at radius 1 is 1.42 bits per heavy atom. The van der Waals surface area contributed by atoms with E-state index in [9.17, 15) is 9.59 Å². The normalized spacial score (nSPS) is 10.2. The molecule has 4 N–H and O–H groups in total. The molecule has 0 aliphatic heterocycles. The number of aromatic carboxylic acids is 1. The summed E-state index contributed by atoms with van der Waals surface area (Å²) in [5.74, 6) is -1.37. The molecule has 1 amide bonds. The molecule has 6 nitrogen and oxygen atoms in total. The van der Waals surface area contributed by atoms with Crippen molar-refractivity contribution in [2.75, 3.05) is 24.3 Å². The number of rotatable bonds is 7. The average Bonchev–Trinajstić information content (AvgIpc) is 2.36. The van der Waals surface area contributed by atoms with Gasteiger partial charge in [0.05, 0.1) is 11.3 Å². The lowest BCUT2D eigenvalue weighted by molar-refractivity contribution is -0.116. The molecule has 1 aromatic rings. The van der Waals surface area contributed by atoms with E-state index < -0.39 is 5.97 Å². The van der Waals surface area contributed by atoms with Crippen LogP contribution in [-0.4, -0.2) is 30.2 Å². The Morgan fingerprint density at radius 2 is 2.16 bits per heavy atom. The summed E-state index contributed by atoms with van der Waals surface area (Å²) >= 11 is 0. The van der Waals surface area contributed by atoms with Gasteiger partial charge in [-0.2, -0.15) is 0 Å². The van der Waals surface area contributed by atoms with Crippen molar-refractivity contribution in [2.45, 2.75) is 19.8 Å². The molecule has 1 rings (SSSR count). The van der Waals surface area contributed by atoms with Gasteiger partial charge in [0, 0.05) is 25.3 Å². The van der Waals surface area contributed by atoms with Crippen LogP contribution in [0.1, 0.15) is 30.1 Å². The zero-order valence-corrected chi connectivity index (χ0v) is 10.8. The van der Waals surface area contributed by atoms with E-state index in [0.717, 1.165) is 0 Å². The van der Waals surface area contributed by atoms with E-state index in [-0.39, 0.29) is 23.6 Å². The van der Waals surface area contributed by atoms with Gasteiger partial charge < -0.3 is 20.9 Å². The summed E-state index contributed by atoms with van der Waals surface area (Å²) in [6.07, 6.45) is 0.875. The maximum Gasteiger partial charge on any atom is 0.337 e. The monoisotopic (exact) mass is 266 g/mol. The molecule has 0 heterocycles. The number of nitrogens with two attached hydrogens (primary N) is 1. The second-order valence-electron chi connectivity index (χ2n) is 3.96. The Kier molecular flexibility index (Phi) is 5.81. The van der Waals surface area contributed by atoms with Crippen molar-refractivity contribution in [1.82, 2.24) is 0 Å². The van der Waals surface area contributed by atoms with Crippen LogP contribution in [0.4, 0.5) is 11.4 Å². The number of carbonyl (C=O) groups excluding carboxylic acids is 1. The molecule has 104 valence electrons. The maximum absolute atomic E-state index is 11.6. The summed E-state index contributed by atoms with van der Waals surface area (Å²) in [6, 6.07) is 4.35. The van der Waals surface area contributed by atoms with Gasteiger partial charge in [0.15, 0.2) is 0 Å². The van der Waals surface area contributed by atoms with E-state index in [4.69, 9.17) is 15.6 Å². The number of nitrogens with one attached hydrogen (secondary N) is 1. The SMILES string of the molecule is CCOCCCC(=O)Nc1ccc(N)cc1C(=O)O. The molecule has 19 heavy (non-hydrogen) atoms. The van der Waals surface area contributed by atoms with E-state index >= 15 is 0 Å². The third kappa shape index (κ3) is 4.97. The predicted octanol–water partition coefficient (Wildman–Crippen LogP) is 1.72. The minimum Gasteiger partial charge on any atom is -0.478 e. The van der Waals surface area contributed by atoms with E-state index in [2.05, 4.69) is 5.32 Å². The summed E-state index contributed by atoms with van der Waals surface area (Å²) in [5.41, 5.74) is 6.09. The molecule has 0 saturated heterocycles. The van der Waals surface area contributed by atoms with Crippen LogP contribution >= 0.6 is 0 Å². The zero-order valence-electron chi connectivity index (χ0n) is 10.8. The Bertz CT molecular complexity index is 460. The van der Waals surface area contributed by atoms with Crippen LogP contribution in [-0.2, 0) is 9.53 Å². The molecule has 0 bridgehead atoms. The first-order valence-corrected chi connectivity index (χ1v) is 6.05. The van der Waals surface area contributed by atoms with E-state index in [0.29, 0.717) is 25.3 Å². The topological polar surface area (TPSA) is 102 Å². The minimum absolute atomic E-state index is 0.0156. The first kappa shape index (κ1) is 15.0. The van der Waals surface area contributed by atoms with Crippen LogP contribution in [0, 0.1) is 0 Å². The number of benzene rings is 1. The Balaban J connectivity index is 2.61. The van der Waals surface area contributed by atoms with Gasteiger partial charge in [0.25, 0.3) is 0 Å². The molecule has 0 radical (unpaired) electrons. The molecule has 1 aromatic carbocycles. The van der Waals surface area contributed by atoms with Crippen LogP contribution in [0.25, 0.3) is 0 Å². The van der Waals surface area contributed by atoms with Crippen LogP contribution in [0.15, 0.2) is 18.2 Å². The Morgan fingerprint density at radius 3 is 2.79 bits per heavy atom. The number of hydrogen-bond donors (Lipinski definition) is 3. The van der Waals surface area contributed by atoms with Crippen molar-refractivity contribution in [3.05, 3.63) is 23.8 Å². The van der Waals surface area contributed by atoms with E-state index in [1.165, 1.54) is 12.1 Å². The van der Waals surface area contributed by atoms with Crippen molar-refractivity contribution < 1.29 is 19.4 Å². The molecule has 0 aliphatic carbocycles. The molecule has 0 atom stereocenters. The molecule has 0 spiro atoms. The molecule has 0 aliphatic rings. The quantitative estimate of drug-likeness (QED) is 0.515. The Labute approximate surface area is 111 Å². The van der Waals surface area contributed by atoms with Crippen molar-refractivity contribution in [3.8, 4) is 0 Å². The highest BCUT2D eigenvalue weighted by molar-refractivity contribution is 6.01. The lowest BCUT2D eigenvalue weighted by Crippen LogP contribution is -2.15. The summed E-state index contributed by atoms with van der Waals surface area (Å²) in [6.45, 7) is 3.01. The number of carbonyl (C=O) groups is 2. The predicted molar refractivity (Wildman–Crippen MR) is 72.2 cm³/mol. The summed E-state index contributed by atoms with van der Waals surface area (Å²) < 4.78 is 5.12. The lowest BCUT2D eigenvalue weighted by atomic mass is 10.1. The van der Waals surface area contributed by atoms with Crippen LogP contribution in [0.5, 0.6) is 0 Å². The number of amides is 1. The van der Waals surface area contributed by atoms with Crippen molar-refractivity contribution in [3.63, 3.8) is 0 Å². The largest absolute Gasteiger partial charge is 0.478 e. The van der Waals surface area contributed by atoms with Crippen LogP contribution in [0.2, 0.25) is 0 Å². The van der Waals surface area contributed by atoms with Gasteiger partial charge >= 0.3 is 5.97 Å². The second kappa shape index (κ2) is 7.38. The Hall–Kier alpha value is -2.08. The van der Waals surface area contributed by atoms with Gasteiger partial charge in [-0.15, -0.1) is 0 Å². The van der Waals surface area contributed by atoms with Gasteiger partial charge in [-0.3, -0.25) is 4.79 Å². The standard InChI is InChI=1S/C13H18N2O4/c1-2-19-7-3-4-12(16)15-11-6-5-9(14)8-10(11)13(17)18/h5-6,8H,2-4,7,14H2,1H3,(H,15,16)(H,17,18). The minimum atomic E-state index is -1.13. The van der Waals surface area contributed by atoms with E-state index in [1.54, 1.807) is 6.07 Å². The molecule has 0 saturated carbocycles. The highest BCUT2D eigenvalue weighted by Gasteiger charge is 2.12. The van der Waals surface area contributed by atoms with Gasteiger partial charge in [-0.25, -0.2) is 4.79 Å². The van der Waals surface area contributed by atoms with E-state index in [1.807, 2.05) is 6.92 Å². The van der Waals surface area contributed by atoms with Crippen molar-refractivity contribution in [1.29, 1.82) is 0 Å². The van der Waals surface area contributed by atoms with Crippen molar-refractivity contribution >= 4 is 23.3 Å². The number of ether oxygens (including phenoxy) is 1. The molecular weight excluding hydrogens is 248 g/mol. The third-order valence-electron chi connectivity index (χ3n) is 2.44. The second-order valence-corrected chi connectivity index (χ2v) is 3.96. The number of nitrogen functional groups attached to an aromatic ring is 1. The summed E-state index contributed by atoms with van der Waals surface area (Å²) in [7, 11) is 0. The zero-order chi connectivity index (χ0) is 14.3. The van der Waals surface area contributed by atoms with Crippen LogP contribution in [0.3, 0.4) is 0 Å². The van der Waals surface area contributed by atoms with Crippen LogP contribution < -0.4 is 11.1 Å². The highest BCUT2D eigenvalue weighted by Crippen LogP contribution is 2.19. The summed E-state index contributed by atoms with van der Waals surface area (Å²) in [4.78, 5) is 22.7. The van der Waals surface area contributed by atoms with Gasteiger partial charge in [-0.1, -0.05) is 0 Å². The summed E-state index contributed by atoms with van der Waals surface area (Å²) in [5, 5.41) is 11.6. The molecule has 0 fully saturated rings. The molecule has 0 aromatic heterocycles. The van der Waals surface area contributed by atoms with Gasteiger partial charge in [0.2, 0.25) is 5.91 Å². The molecule has 6 heteroatoms. The van der Waals surface area contributed by atoms with Gasteiger partial charge in [-0.05, 0) is 31.5 Å². The number of hydrogen-bond acceptors (Lipinski definition) is 4. The third-order valence-corrected chi connectivity index (χ3v) is 2.44. The van der Waals surface area contributed by atoms with Gasteiger partial charge in [0.1, 0.15) is 0 Å². The average molecular weight is 266 g/mol. The fourth-order valence-corrected chi connectivity index (χ4v) is 1.54. The maximum atomic E-state index is 11.6. The number of carboxylic acids is 1. The first-order valence-electron chi connectivity index (χ1n) is 6.05. The smallest absolute Gasteiger partial charge is 0.337 e. The number of anilines is 2. The van der Waals surface area contributed by atoms with Crippen molar-refractivity contribution in [2.24, 2.45) is 0 Å². The first-order chi connectivity index (χ1) is 9.04. The molecular formula is C13H18N2O4. The number of carboxylic acid groups (broad SMARTS) is 1. The fourth-order valence-electron chi connectivity index (χ4n) is 1.54. The lowest BCUT2D eigenvalue weighted by Gasteiger charge is -2.09. The highest BCUT2D eigenvalue weighted by atomic mass is 16.5. The molecule has 0 unspecified atom stereocenters.